The van der Waals surface area contributed by atoms with Crippen LogP contribution in [0.15, 0.2) is 57.7 Å². The van der Waals surface area contributed by atoms with Crippen molar-refractivity contribution in [2.75, 3.05) is 18.0 Å². The van der Waals surface area contributed by atoms with Crippen LogP contribution in [-0.4, -0.2) is 33.2 Å². The van der Waals surface area contributed by atoms with Crippen LogP contribution in [-0.2, 0) is 0 Å². The summed E-state index contributed by atoms with van der Waals surface area (Å²) in [6.45, 7) is 1.71. The smallest absolute Gasteiger partial charge is 0.238 e. The molecule has 1 atom stereocenters. The largest absolute Gasteiger partial charge is 0.453 e. The zero-order valence-corrected chi connectivity index (χ0v) is 14.1. The Morgan fingerprint density at radius 2 is 1.96 bits per heavy atom. The van der Waals surface area contributed by atoms with Crippen molar-refractivity contribution in [3.05, 3.63) is 54.7 Å². The molecule has 130 valence electrons. The SMILES string of the molecule is c1cnc(N2CCC[C@H](c3nc(-c4cc5ccccc5o4)no3)C2)nc1. The van der Waals surface area contributed by atoms with E-state index in [-0.39, 0.29) is 5.92 Å². The molecule has 5 rings (SSSR count). The maximum atomic E-state index is 5.83. The molecule has 0 unspecified atom stereocenters. The molecule has 0 spiro atoms. The van der Waals surface area contributed by atoms with Crippen molar-refractivity contribution in [1.29, 1.82) is 0 Å². The molecule has 0 amide bonds. The normalized spacial score (nSPS) is 17.7. The van der Waals surface area contributed by atoms with Gasteiger partial charge in [0.05, 0.1) is 5.92 Å². The van der Waals surface area contributed by atoms with Crippen LogP contribution in [0, 0.1) is 0 Å². The van der Waals surface area contributed by atoms with Crippen molar-refractivity contribution in [1.82, 2.24) is 20.1 Å². The van der Waals surface area contributed by atoms with Gasteiger partial charge in [0.1, 0.15) is 5.58 Å². The van der Waals surface area contributed by atoms with Gasteiger partial charge in [0, 0.05) is 30.9 Å². The number of aromatic nitrogens is 4. The summed E-state index contributed by atoms with van der Waals surface area (Å²) < 4.78 is 11.4. The Kier molecular flexibility index (Phi) is 3.62. The summed E-state index contributed by atoms with van der Waals surface area (Å²) >= 11 is 0. The second kappa shape index (κ2) is 6.25. The first-order valence-electron chi connectivity index (χ1n) is 8.71. The average Bonchev–Trinajstić information content (AvgIpc) is 3.36. The zero-order chi connectivity index (χ0) is 17.3. The highest BCUT2D eigenvalue weighted by atomic mass is 16.5. The monoisotopic (exact) mass is 347 g/mol. The van der Waals surface area contributed by atoms with E-state index >= 15 is 0 Å². The maximum absolute atomic E-state index is 5.83. The molecule has 4 aromatic rings. The van der Waals surface area contributed by atoms with Crippen LogP contribution in [0.2, 0.25) is 0 Å². The molecule has 1 aromatic carbocycles. The highest BCUT2D eigenvalue weighted by Gasteiger charge is 2.28. The van der Waals surface area contributed by atoms with Crippen LogP contribution in [0.1, 0.15) is 24.7 Å². The summed E-state index contributed by atoms with van der Waals surface area (Å²) in [5, 5.41) is 5.15. The molecule has 0 bridgehead atoms. The molecular weight excluding hydrogens is 330 g/mol. The fourth-order valence-electron chi connectivity index (χ4n) is 3.41. The fraction of sp³-hybridized carbons (Fsp3) is 0.263. The predicted molar refractivity (Wildman–Crippen MR) is 95.7 cm³/mol. The lowest BCUT2D eigenvalue weighted by Gasteiger charge is -2.30. The number of anilines is 1. The van der Waals surface area contributed by atoms with Crippen molar-refractivity contribution < 1.29 is 8.94 Å². The quantitative estimate of drug-likeness (QED) is 0.559. The number of fused-ring (bicyclic) bond motifs is 1. The van der Waals surface area contributed by atoms with E-state index in [4.69, 9.17) is 8.94 Å². The van der Waals surface area contributed by atoms with E-state index in [0.717, 1.165) is 42.8 Å². The number of hydrogen-bond acceptors (Lipinski definition) is 7. The Balaban J connectivity index is 1.39. The summed E-state index contributed by atoms with van der Waals surface area (Å²) in [5.74, 6) is 2.66. The lowest BCUT2D eigenvalue weighted by molar-refractivity contribution is 0.332. The van der Waals surface area contributed by atoms with Gasteiger partial charge in [0.2, 0.25) is 17.7 Å². The predicted octanol–water partition coefficient (Wildman–Crippen LogP) is 3.66. The van der Waals surface area contributed by atoms with E-state index in [1.54, 1.807) is 12.4 Å². The molecule has 0 saturated carbocycles. The van der Waals surface area contributed by atoms with Gasteiger partial charge in [0.15, 0.2) is 5.76 Å². The number of nitrogens with zero attached hydrogens (tertiary/aromatic N) is 5. The average molecular weight is 347 g/mol. The molecule has 1 saturated heterocycles. The van der Waals surface area contributed by atoms with Crippen molar-refractivity contribution >= 4 is 16.9 Å². The van der Waals surface area contributed by atoms with Gasteiger partial charge in [-0.15, -0.1) is 0 Å². The number of piperidine rings is 1. The molecule has 3 aromatic heterocycles. The second-order valence-electron chi connectivity index (χ2n) is 6.44. The number of para-hydroxylation sites is 1. The summed E-state index contributed by atoms with van der Waals surface area (Å²) in [6, 6.07) is 11.6. The third kappa shape index (κ3) is 2.71. The third-order valence-electron chi connectivity index (χ3n) is 4.69. The summed E-state index contributed by atoms with van der Waals surface area (Å²) in [4.78, 5) is 15.4. The number of hydrogen-bond donors (Lipinski definition) is 0. The molecule has 0 aliphatic carbocycles. The highest BCUT2D eigenvalue weighted by Crippen LogP contribution is 2.30. The van der Waals surface area contributed by atoms with Crippen LogP contribution in [0.3, 0.4) is 0 Å². The van der Waals surface area contributed by atoms with Crippen LogP contribution < -0.4 is 4.90 Å². The van der Waals surface area contributed by atoms with Crippen LogP contribution in [0.25, 0.3) is 22.6 Å². The Morgan fingerprint density at radius 1 is 1.08 bits per heavy atom. The molecule has 4 heterocycles. The van der Waals surface area contributed by atoms with Gasteiger partial charge in [-0.3, -0.25) is 0 Å². The van der Waals surface area contributed by atoms with E-state index in [2.05, 4.69) is 25.0 Å². The first-order chi connectivity index (χ1) is 12.9. The molecule has 1 aliphatic rings. The van der Waals surface area contributed by atoms with E-state index < -0.39 is 0 Å². The highest BCUT2D eigenvalue weighted by molar-refractivity contribution is 5.81. The standard InChI is InChI=1S/C19H17N5O2/c1-2-7-15-13(5-1)11-16(25-15)17-22-18(26-23-17)14-6-3-10-24(12-14)19-20-8-4-9-21-19/h1-2,4-5,7-9,11,14H,3,6,10,12H2/t14-/m0/s1. The van der Waals surface area contributed by atoms with Crippen molar-refractivity contribution in [2.24, 2.45) is 0 Å². The van der Waals surface area contributed by atoms with Gasteiger partial charge in [0.25, 0.3) is 0 Å². The van der Waals surface area contributed by atoms with Crippen molar-refractivity contribution in [2.45, 2.75) is 18.8 Å². The first-order valence-corrected chi connectivity index (χ1v) is 8.71. The summed E-state index contributed by atoms with van der Waals surface area (Å²) in [6.07, 6.45) is 5.56. The molecule has 0 N–H and O–H groups in total. The molecular formula is C19H17N5O2. The lowest BCUT2D eigenvalue weighted by atomic mass is 9.98. The maximum Gasteiger partial charge on any atom is 0.238 e. The van der Waals surface area contributed by atoms with E-state index in [1.165, 1.54) is 0 Å². The summed E-state index contributed by atoms with van der Waals surface area (Å²) in [5.41, 5.74) is 0.818. The van der Waals surface area contributed by atoms with Crippen LogP contribution >= 0.6 is 0 Å². The van der Waals surface area contributed by atoms with Gasteiger partial charge in [-0.1, -0.05) is 23.4 Å². The van der Waals surface area contributed by atoms with E-state index in [1.807, 2.05) is 36.4 Å². The Bertz CT molecular complexity index is 994. The molecule has 7 nitrogen and oxygen atoms in total. The Morgan fingerprint density at radius 3 is 2.85 bits per heavy atom. The van der Waals surface area contributed by atoms with Crippen molar-refractivity contribution in [3.63, 3.8) is 0 Å². The molecule has 26 heavy (non-hydrogen) atoms. The summed E-state index contributed by atoms with van der Waals surface area (Å²) in [7, 11) is 0. The van der Waals surface area contributed by atoms with Gasteiger partial charge >= 0.3 is 0 Å². The number of benzene rings is 1. The lowest BCUT2D eigenvalue weighted by Crippen LogP contribution is -2.35. The molecule has 0 radical (unpaired) electrons. The molecule has 1 fully saturated rings. The number of furan rings is 1. The van der Waals surface area contributed by atoms with E-state index in [0.29, 0.717) is 17.5 Å². The van der Waals surface area contributed by atoms with Gasteiger partial charge in [-0.2, -0.15) is 4.98 Å². The van der Waals surface area contributed by atoms with Crippen LogP contribution in [0.4, 0.5) is 5.95 Å². The molecule has 7 heteroatoms. The van der Waals surface area contributed by atoms with Crippen LogP contribution in [0.5, 0.6) is 0 Å². The third-order valence-corrected chi connectivity index (χ3v) is 4.69. The fourth-order valence-corrected chi connectivity index (χ4v) is 3.41. The molecule has 1 aliphatic heterocycles. The number of rotatable bonds is 3. The van der Waals surface area contributed by atoms with E-state index in [9.17, 15) is 0 Å². The van der Waals surface area contributed by atoms with Gasteiger partial charge < -0.3 is 13.8 Å². The van der Waals surface area contributed by atoms with Gasteiger partial charge in [-0.05, 0) is 31.0 Å². The minimum atomic E-state index is 0.165. The Labute approximate surface area is 149 Å². The zero-order valence-electron chi connectivity index (χ0n) is 14.1. The van der Waals surface area contributed by atoms with Gasteiger partial charge in [-0.25, -0.2) is 9.97 Å². The minimum Gasteiger partial charge on any atom is -0.453 e. The first kappa shape index (κ1) is 15.1. The van der Waals surface area contributed by atoms with Crippen molar-refractivity contribution in [3.8, 4) is 11.6 Å². The topological polar surface area (TPSA) is 81.1 Å². The minimum absolute atomic E-state index is 0.165. The second-order valence-corrected chi connectivity index (χ2v) is 6.44. The Hall–Kier alpha value is -3.22.